The van der Waals surface area contributed by atoms with Gasteiger partial charge in [-0.1, -0.05) is 47.5 Å². The van der Waals surface area contributed by atoms with E-state index in [1.54, 1.807) is 51.1 Å². The maximum Gasteiger partial charge on any atom is 0.434 e. The van der Waals surface area contributed by atoms with Crippen LogP contribution in [-0.4, -0.2) is 37.1 Å². The molecule has 3 aromatic rings. The average Bonchev–Trinajstić information content (AvgIpc) is 2.92. The van der Waals surface area contributed by atoms with Crippen LogP contribution in [0.1, 0.15) is 43.6 Å². The number of esters is 1. The highest BCUT2D eigenvalue weighted by Crippen LogP contribution is 2.37. The lowest BCUT2D eigenvalue weighted by Crippen LogP contribution is -2.25. The number of fused-ring (bicyclic) bond motifs is 1. The summed E-state index contributed by atoms with van der Waals surface area (Å²) in [5, 5.41) is 0.984. The van der Waals surface area contributed by atoms with Crippen molar-refractivity contribution in [2.45, 2.75) is 45.5 Å². The molecule has 10 heteroatoms. The van der Waals surface area contributed by atoms with Crippen molar-refractivity contribution in [2.24, 2.45) is 4.99 Å². The lowest BCUT2D eigenvalue weighted by Gasteiger charge is -2.27. The average molecular weight is 586 g/mol. The number of methoxy groups -OCH3 is 1. The third-order valence-corrected chi connectivity index (χ3v) is 6.46. The van der Waals surface area contributed by atoms with Gasteiger partial charge >= 0.3 is 12.1 Å². The number of ether oxygens (including phenoxy) is 5. The predicted molar refractivity (Wildman–Crippen MR) is 152 cm³/mol. The van der Waals surface area contributed by atoms with E-state index in [9.17, 15) is 9.59 Å². The summed E-state index contributed by atoms with van der Waals surface area (Å²) >= 11 is 12.0. The van der Waals surface area contributed by atoms with Gasteiger partial charge in [0, 0.05) is 6.42 Å². The number of benzene rings is 3. The fourth-order valence-corrected chi connectivity index (χ4v) is 4.15. The minimum atomic E-state index is -0.862. The van der Waals surface area contributed by atoms with Crippen LogP contribution < -0.4 is 14.2 Å². The Morgan fingerprint density at radius 1 is 0.950 bits per heavy atom. The molecular weight excluding hydrogens is 557 g/mol. The van der Waals surface area contributed by atoms with Gasteiger partial charge < -0.3 is 23.7 Å². The van der Waals surface area contributed by atoms with Gasteiger partial charge in [0.25, 0.3) is 0 Å². The van der Waals surface area contributed by atoms with Crippen LogP contribution in [0.5, 0.6) is 17.2 Å². The number of carbonyl (C=O) groups is 2. The van der Waals surface area contributed by atoms with E-state index in [-0.39, 0.29) is 24.8 Å². The predicted octanol–water partition coefficient (Wildman–Crippen LogP) is 7.18. The van der Waals surface area contributed by atoms with Crippen LogP contribution in [0.3, 0.4) is 0 Å². The summed E-state index contributed by atoms with van der Waals surface area (Å²) in [6.07, 6.45) is -1.13. The van der Waals surface area contributed by atoms with Crippen molar-refractivity contribution in [1.82, 2.24) is 0 Å². The van der Waals surface area contributed by atoms with Crippen molar-refractivity contribution in [3.05, 3.63) is 87.4 Å². The zero-order chi connectivity index (χ0) is 28.9. The van der Waals surface area contributed by atoms with Crippen molar-refractivity contribution < 1.29 is 33.3 Å². The third kappa shape index (κ3) is 7.90. The third-order valence-electron chi connectivity index (χ3n) is 5.72. The van der Waals surface area contributed by atoms with Crippen LogP contribution in [0.4, 0.5) is 4.79 Å². The highest BCUT2D eigenvalue weighted by molar-refractivity contribution is 6.42. The summed E-state index contributed by atoms with van der Waals surface area (Å²) in [5.74, 6) is 1.07. The van der Waals surface area contributed by atoms with E-state index in [4.69, 9.17) is 46.9 Å². The Kier molecular flexibility index (Phi) is 9.22. The summed E-state index contributed by atoms with van der Waals surface area (Å²) in [6, 6.07) is 18.2. The molecule has 0 fully saturated rings. The molecule has 3 aromatic carbocycles. The van der Waals surface area contributed by atoms with Crippen molar-refractivity contribution in [1.29, 1.82) is 0 Å². The van der Waals surface area contributed by atoms with Gasteiger partial charge in [0.05, 0.1) is 17.2 Å². The zero-order valence-electron chi connectivity index (χ0n) is 22.5. The monoisotopic (exact) mass is 585 g/mol. The molecule has 0 aromatic heterocycles. The second kappa shape index (κ2) is 12.6. The maximum atomic E-state index is 12.2. The van der Waals surface area contributed by atoms with Gasteiger partial charge in [-0.3, -0.25) is 0 Å². The Bertz CT molecular complexity index is 1410. The van der Waals surface area contributed by atoms with E-state index in [1.165, 1.54) is 7.11 Å². The quantitative estimate of drug-likeness (QED) is 0.214. The van der Waals surface area contributed by atoms with E-state index >= 15 is 0 Å². The first-order chi connectivity index (χ1) is 19.0. The molecule has 4 rings (SSSR count). The number of hydrogen-bond acceptors (Lipinski definition) is 7. The summed E-state index contributed by atoms with van der Waals surface area (Å²) < 4.78 is 28.0. The first-order valence-corrected chi connectivity index (χ1v) is 13.2. The zero-order valence-corrected chi connectivity index (χ0v) is 24.0. The van der Waals surface area contributed by atoms with Crippen LogP contribution in [0.25, 0.3) is 0 Å². The van der Waals surface area contributed by atoms with Crippen LogP contribution in [0.2, 0.25) is 10.0 Å². The molecule has 0 saturated carbocycles. The van der Waals surface area contributed by atoms with Crippen LogP contribution >= 0.6 is 23.2 Å². The van der Waals surface area contributed by atoms with Crippen molar-refractivity contribution in [3.63, 3.8) is 0 Å². The molecule has 1 atom stereocenters. The van der Waals surface area contributed by atoms with E-state index in [2.05, 4.69) is 4.99 Å². The lowest BCUT2D eigenvalue weighted by molar-refractivity contribution is -0.132. The molecule has 0 aliphatic carbocycles. The van der Waals surface area contributed by atoms with Crippen LogP contribution in [0, 0.1) is 0 Å². The largest absolute Gasteiger partial charge is 0.489 e. The standard InChI is InChI=1S/C30H29Cl2NO7/c1-30(2,3)40-29(35)33-24(28(34)36-4)14-18-6-12-25-26(15-18)38-17-27(39-25)20-7-9-21(10-8-20)37-16-19-5-11-22(31)23(32)13-19/h5-13,15,27H,14,16-17H2,1-4H3. The van der Waals surface area contributed by atoms with Gasteiger partial charge in [0.1, 0.15) is 30.3 Å². The first-order valence-electron chi connectivity index (χ1n) is 12.5. The molecule has 1 aliphatic rings. The Morgan fingerprint density at radius 2 is 1.68 bits per heavy atom. The summed E-state index contributed by atoms with van der Waals surface area (Å²) in [5.41, 5.74) is 1.71. The van der Waals surface area contributed by atoms with E-state index in [1.807, 2.05) is 30.3 Å². The summed E-state index contributed by atoms with van der Waals surface area (Å²) in [6.45, 7) is 5.79. The fourth-order valence-electron chi connectivity index (χ4n) is 3.83. The maximum absolute atomic E-state index is 12.2. The van der Waals surface area contributed by atoms with Gasteiger partial charge in [0.15, 0.2) is 17.6 Å². The van der Waals surface area contributed by atoms with Crippen molar-refractivity contribution in [3.8, 4) is 17.2 Å². The number of halogens is 2. The smallest absolute Gasteiger partial charge is 0.434 e. The molecular formula is C30H29Cl2NO7. The molecule has 1 amide bonds. The number of carbonyl (C=O) groups excluding carboxylic acids is 2. The summed E-state index contributed by atoms with van der Waals surface area (Å²) in [4.78, 5) is 28.2. The molecule has 0 N–H and O–H groups in total. The number of amides is 1. The number of rotatable bonds is 7. The molecule has 0 radical (unpaired) electrons. The Hall–Kier alpha value is -3.75. The van der Waals surface area contributed by atoms with E-state index in [0.717, 1.165) is 11.1 Å². The van der Waals surface area contributed by atoms with Gasteiger partial charge in [0.2, 0.25) is 0 Å². The molecule has 8 nitrogen and oxygen atoms in total. The Balaban J connectivity index is 1.39. The molecule has 40 heavy (non-hydrogen) atoms. The minimum Gasteiger partial charge on any atom is -0.489 e. The van der Waals surface area contributed by atoms with Crippen molar-refractivity contribution in [2.75, 3.05) is 13.7 Å². The number of hydrogen-bond donors (Lipinski definition) is 0. The molecule has 0 bridgehead atoms. The topological polar surface area (TPSA) is 92.7 Å². The van der Waals surface area contributed by atoms with E-state index in [0.29, 0.717) is 39.5 Å². The van der Waals surface area contributed by atoms with E-state index < -0.39 is 17.7 Å². The number of aliphatic imine (C=N–C) groups is 1. The Labute approximate surface area is 242 Å². The molecule has 0 spiro atoms. The lowest BCUT2D eigenvalue weighted by atomic mass is 10.1. The molecule has 210 valence electrons. The highest BCUT2D eigenvalue weighted by atomic mass is 35.5. The molecule has 0 saturated heterocycles. The summed E-state index contributed by atoms with van der Waals surface area (Å²) in [7, 11) is 1.23. The normalized spacial score (nSPS) is 14.8. The van der Waals surface area contributed by atoms with Gasteiger partial charge in [-0.15, -0.1) is 0 Å². The van der Waals surface area contributed by atoms with Crippen LogP contribution in [-0.2, 0) is 27.3 Å². The van der Waals surface area contributed by atoms with Crippen LogP contribution in [0.15, 0.2) is 65.7 Å². The Morgan fingerprint density at radius 3 is 2.35 bits per heavy atom. The second-order valence-corrected chi connectivity index (χ2v) is 10.8. The van der Waals surface area contributed by atoms with Gasteiger partial charge in [-0.25, -0.2) is 9.59 Å². The van der Waals surface area contributed by atoms with Gasteiger partial charge in [-0.2, -0.15) is 4.99 Å². The second-order valence-electron chi connectivity index (χ2n) is 10.0. The minimum absolute atomic E-state index is 0.0513. The fraction of sp³-hybridized carbons (Fsp3) is 0.300. The first kappa shape index (κ1) is 29.2. The molecule has 1 unspecified atom stereocenters. The SMILES string of the molecule is COC(=O)C(Cc1ccc2c(c1)OCC(c1ccc(OCc3ccc(Cl)c(Cl)c3)cc1)O2)=NC(=O)OC(C)(C)C. The van der Waals surface area contributed by atoms with Crippen molar-refractivity contribution >= 4 is 41.0 Å². The van der Waals surface area contributed by atoms with Gasteiger partial charge in [-0.05, 0) is 73.9 Å². The molecule has 1 aliphatic heterocycles. The molecule has 1 heterocycles. The number of nitrogens with zero attached hydrogens (tertiary/aromatic N) is 1. The highest BCUT2D eigenvalue weighted by Gasteiger charge is 2.25.